The minimum atomic E-state index is -0.455. The Balaban J connectivity index is 2.86. The van der Waals surface area contributed by atoms with Gasteiger partial charge in [-0.1, -0.05) is 6.92 Å². The van der Waals surface area contributed by atoms with E-state index < -0.39 is 5.97 Å². The zero-order valence-corrected chi connectivity index (χ0v) is 13.5. The van der Waals surface area contributed by atoms with Gasteiger partial charge in [-0.25, -0.2) is 4.79 Å². The van der Waals surface area contributed by atoms with E-state index in [1.165, 1.54) is 23.2 Å². The molecule has 0 saturated heterocycles. The van der Waals surface area contributed by atoms with Gasteiger partial charge in [0.2, 0.25) is 11.8 Å². The first kappa shape index (κ1) is 17.2. The number of thiophene rings is 1. The number of ether oxygens (including phenoxy) is 1. The molecule has 6 nitrogen and oxygen atoms in total. The molecule has 0 atom stereocenters. The highest BCUT2D eigenvalue weighted by Gasteiger charge is 2.19. The van der Waals surface area contributed by atoms with Crippen LogP contribution in [0.3, 0.4) is 0 Å². The van der Waals surface area contributed by atoms with Gasteiger partial charge in [-0.15, -0.1) is 11.3 Å². The van der Waals surface area contributed by atoms with Crippen LogP contribution in [0.2, 0.25) is 0 Å². The number of esters is 1. The molecule has 1 aromatic rings. The third-order valence-corrected chi connectivity index (χ3v) is 3.99. The van der Waals surface area contributed by atoms with Gasteiger partial charge in [-0.3, -0.25) is 9.59 Å². The largest absolute Gasteiger partial charge is 0.462 e. The normalized spacial score (nSPS) is 10.1. The molecular formula is C14H20N2O4S. The van der Waals surface area contributed by atoms with Crippen LogP contribution in [0.5, 0.6) is 0 Å². The van der Waals surface area contributed by atoms with Crippen molar-refractivity contribution in [1.29, 1.82) is 0 Å². The van der Waals surface area contributed by atoms with Gasteiger partial charge in [0.25, 0.3) is 0 Å². The summed E-state index contributed by atoms with van der Waals surface area (Å²) in [6, 6.07) is 1.73. The number of rotatable bonds is 6. The van der Waals surface area contributed by atoms with Gasteiger partial charge in [0.1, 0.15) is 5.00 Å². The highest BCUT2D eigenvalue weighted by molar-refractivity contribution is 7.16. The van der Waals surface area contributed by atoms with Crippen molar-refractivity contribution >= 4 is 34.1 Å². The van der Waals surface area contributed by atoms with Gasteiger partial charge in [0, 0.05) is 18.8 Å². The molecule has 0 radical (unpaired) electrons. The molecule has 2 amide bonds. The van der Waals surface area contributed by atoms with Crippen molar-refractivity contribution < 1.29 is 19.1 Å². The number of hydrogen-bond donors (Lipinski definition) is 1. The summed E-state index contributed by atoms with van der Waals surface area (Å²) in [5, 5.41) is 3.14. The molecule has 0 unspecified atom stereocenters. The number of likely N-dealkylation sites (N-methyl/N-ethyl adjacent to an activating group) is 1. The number of nitrogens with zero attached hydrogens (tertiary/aromatic N) is 1. The number of carbonyl (C=O) groups is 3. The molecule has 0 spiro atoms. The summed E-state index contributed by atoms with van der Waals surface area (Å²) in [5.74, 6) is -0.998. The number of carbonyl (C=O) groups excluding carboxylic acids is 3. The predicted molar refractivity (Wildman–Crippen MR) is 81.6 cm³/mol. The van der Waals surface area contributed by atoms with Crippen molar-refractivity contribution in [3.63, 3.8) is 0 Å². The van der Waals surface area contributed by atoms with Crippen molar-refractivity contribution in [3.05, 3.63) is 16.5 Å². The molecule has 1 N–H and O–H groups in total. The topological polar surface area (TPSA) is 75.7 Å². The third kappa shape index (κ3) is 4.86. The summed E-state index contributed by atoms with van der Waals surface area (Å²) in [4.78, 5) is 37.2. The molecule has 116 valence electrons. The Labute approximate surface area is 128 Å². The second-order valence-corrected chi connectivity index (χ2v) is 5.59. The van der Waals surface area contributed by atoms with E-state index in [1.807, 2.05) is 6.92 Å². The quantitative estimate of drug-likeness (QED) is 0.814. The zero-order chi connectivity index (χ0) is 16.0. The zero-order valence-electron chi connectivity index (χ0n) is 12.7. The Morgan fingerprint density at radius 3 is 2.52 bits per heavy atom. The smallest absolute Gasteiger partial charge is 0.341 e. The van der Waals surface area contributed by atoms with Crippen LogP contribution >= 0.6 is 11.3 Å². The maximum absolute atomic E-state index is 11.9. The van der Waals surface area contributed by atoms with Gasteiger partial charge in [0.15, 0.2) is 0 Å². The number of anilines is 1. The second kappa shape index (κ2) is 7.78. The van der Waals surface area contributed by atoms with Crippen LogP contribution in [-0.4, -0.2) is 42.9 Å². The fourth-order valence-electron chi connectivity index (χ4n) is 1.56. The van der Waals surface area contributed by atoms with E-state index >= 15 is 0 Å². The van der Waals surface area contributed by atoms with Crippen LogP contribution in [0.15, 0.2) is 6.07 Å². The van der Waals surface area contributed by atoms with Crippen molar-refractivity contribution in [2.45, 2.75) is 27.2 Å². The lowest BCUT2D eigenvalue weighted by molar-refractivity contribution is -0.131. The lowest BCUT2D eigenvalue weighted by Gasteiger charge is -2.14. The summed E-state index contributed by atoms with van der Waals surface area (Å²) in [6.07, 6.45) is 0.764. The van der Waals surface area contributed by atoms with Crippen LogP contribution in [-0.2, 0) is 20.7 Å². The van der Waals surface area contributed by atoms with Crippen LogP contribution in [0.4, 0.5) is 5.00 Å². The van der Waals surface area contributed by atoms with Gasteiger partial charge >= 0.3 is 5.97 Å². The maximum Gasteiger partial charge on any atom is 0.341 e. The summed E-state index contributed by atoms with van der Waals surface area (Å²) in [6.45, 7) is 5.30. The van der Waals surface area contributed by atoms with Crippen LogP contribution in [0.1, 0.15) is 36.0 Å². The molecular weight excluding hydrogens is 292 g/mol. The molecule has 0 fully saturated rings. The van der Waals surface area contributed by atoms with Crippen LogP contribution in [0.25, 0.3) is 0 Å². The Kier molecular flexibility index (Phi) is 6.36. The van der Waals surface area contributed by atoms with Crippen molar-refractivity contribution in [2.24, 2.45) is 0 Å². The van der Waals surface area contributed by atoms with Gasteiger partial charge in [-0.05, 0) is 19.4 Å². The first-order valence-corrected chi connectivity index (χ1v) is 7.52. The molecule has 1 heterocycles. The molecule has 1 aromatic heterocycles. The molecule has 0 aliphatic rings. The maximum atomic E-state index is 11.9. The Bertz CT molecular complexity index is 539. The summed E-state index contributed by atoms with van der Waals surface area (Å²) < 4.78 is 4.98. The van der Waals surface area contributed by atoms with Crippen molar-refractivity contribution in [2.75, 3.05) is 25.5 Å². The number of amides is 2. The number of hydrogen-bond acceptors (Lipinski definition) is 5. The molecule has 0 aromatic carbocycles. The van der Waals surface area contributed by atoms with Crippen LogP contribution < -0.4 is 5.32 Å². The molecule has 0 bridgehead atoms. The van der Waals surface area contributed by atoms with Crippen LogP contribution in [0, 0.1) is 0 Å². The summed E-state index contributed by atoms with van der Waals surface area (Å²) in [5.41, 5.74) is 0.359. The van der Waals surface area contributed by atoms with E-state index in [-0.39, 0.29) is 25.0 Å². The Hall–Kier alpha value is -1.89. The first-order valence-electron chi connectivity index (χ1n) is 6.70. The molecule has 0 aliphatic carbocycles. The number of aryl methyl sites for hydroxylation is 1. The SMILES string of the molecule is CCOC(=O)c1cc(CC)sc1NC(=O)CN(C)C(C)=O. The minimum absolute atomic E-state index is 0.0586. The average molecular weight is 312 g/mol. The van der Waals surface area contributed by atoms with Gasteiger partial charge < -0.3 is 15.0 Å². The summed E-state index contributed by atoms with van der Waals surface area (Å²) in [7, 11) is 1.54. The summed E-state index contributed by atoms with van der Waals surface area (Å²) >= 11 is 1.34. The van der Waals surface area contributed by atoms with Crippen molar-refractivity contribution in [3.8, 4) is 0 Å². The highest BCUT2D eigenvalue weighted by atomic mass is 32.1. The lowest BCUT2D eigenvalue weighted by Crippen LogP contribution is -2.33. The van der Waals surface area contributed by atoms with E-state index in [1.54, 1.807) is 20.0 Å². The van der Waals surface area contributed by atoms with Gasteiger partial charge in [0.05, 0.1) is 18.7 Å². The standard InChI is InChI=1S/C14H20N2O4S/c1-5-10-7-11(14(19)20-6-2)13(21-10)15-12(18)8-16(4)9(3)17/h7H,5-6,8H2,1-4H3,(H,15,18). The Morgan fingerprint density at radius 2 is 2.00 bits per heavy atom. The first-order chi connectivity index (χ1) is 9.88. The van der Waals surface area contributed by atoms with E-state index in [0.717, 1.165) is 11.3 Å². The minimum Gasteiger partial charge on any atom is -0.462 e. The van der Waals surface area contributed by atoms with Crippen molar-refractivity contribution in [1.82, 2.24) is 4.90 Å². The van der Waals surface area contributed by atoms with E-state index in [2.05, 4.69) is 5.32 Å². The van der Waals surface area contributed by atoms with Gasteiger partial charge in [-0.2, -0.15) is 0 Å². The molecule has 0 aliphatic heterocycles. The fraction of sp³-hybridized carbons (Fsp3) is 0.500. The lowest BCUT2D eigenvalue weighted by atomic mass is 10.2. The predicted octanol–water partition coefficient (Wildman–Crippen LogP) is 1.90. The monoisotopic (exact) mass is 312 g/mol. The second-order valence-electron chi connectivity index (χ2n) is 4.45. The molecule has 21 heavy (non-hydrogen) atoms. The molecule has 7 heteroatoms. The van der Waals surface area contributed by atoms with E-state index in [4.69, 9.17) is 4.74 Å². The van der Waals surface area contributed by atoms with E-state index in [9.17, 15) is 14.4 Å². The average Bonchev–Trinajstić information content (AvgIpc) is 2.81. The Morgan fingerprint density at radius 1 is 1.33 bits per heavy atom. The number of nitrogens with one attached hydrogen (secondary N) is 1. The fourth-order valence-corrected chi connectivity index (χ4v) is 2.56. The molecule has 1 rings (SSSR count). The highest BCUT2D eigenvalue weighted by Crippen LogP contribution is 2.29. The third-order valence-electron chi connectivity index (χ3n) is 2.80. The van der Waals surface area contributed by atoms with E-state index in [0.29, 0.717) is 10.6 Å². The molecule has 0 saturated carbocycles.